The minimum atomic E-state index is -0.854. The monoisotopic (exact) mass is 483 g/mol. The molecule has 1 N–H and O–H groups in total. The van der Waals surface area contributed by atoms with Crippen LogP contribution in [0.2, 0.25) is 0 Å². The van der Waals surface area contributed by atoms with E-state index in [1.165, 1.54) is 24.0 Å². The van der Waals surface area contributed by atoms with E-state index in [-0.39, 0.29) is 49.5 Å². The number of likely N-dealkylation sites (tertiary alicyclic amines) is 1. The summed E-state index contributed by atoms with van der Waals surface area (Å²) in [4.78, 5) is 52.6. The van der Waals surface area contributed by atoms with Crippen molar-refractivity contribution in [2.45, 2.75) is 38.5 Å². The molecule has 0 spiro atoms. The van der Waals surface area contributed by atoms with Crippen molar-refractivity contribution in [3.63, 3.8) is 0 Å². The molecule has 2 fully saturated rings. The van der Waals surface area contributed by atoms with Gasteiger partial charge in [-0.25, -0.2) is 14.0 Å². The summed E-state index contributed by atoms with van der Waals surface area (Å²) in [5, 5.41) is 2.55. The van der Waals surface area contributed by atoms with Crippen molar-refractivity contribution in [1.82, 2.24) is 9.80 Å². The van der Waals surface area contributed by atoms with Gasteiger partial charge < -0.3 is 19.7 Å². The van der Waals surface area contributed by atoms with Crippen LogP contribution in [-0.4, -0.2) is 65.5 Å². The number of nitrogens with one attached hydrogen (secondary N) is 1. The number of halogens is 1. The van der Waals surface area contributed by atoms with Gasteiger partial charge in [-0.2, -0.15) is 0 Å². The number of carbonyl (C=O) groups excluding carboxylic acids is 4. The highest BCUT2D eigenvalue weighted by atomic mass is 19.1. The summed E-state index contributed by atoms with van der Waals surface area (Å²) >= 11 is 0. The lowest BCUT2D eigenvalue weighted by atomic mass is 10.0. The zero-order chi connectivity index (χ0) is 24.9. The second-order valence-electron chi connectivity index (χ2n) is 8.49. The van der Waals surface area contributed by atoms with E-state index >= 15 is 0 Å². The minimum Gasteiger partial charge on any atom is -0.459 e. The van der Waals surface area contributed by atoms with Crippen molar-refractivity contribution in [3.8, 4) is 0 Å². The summed E-state index contributed by atoms with van der Waals surface area (Å²) in [6.45, 7) is 1.88. The summed E-state index contributed by atoms with van der Waals surface area (Å²) in [6, 6.07) is 11.7. The zero-order valence-corrected chi connectivity index (χ0v) is 19.2. The Morgan fingerprint density at radius 3 is 2.51 bits per heavy atom. The zero-order valence-electron chi connectivity index (χ0n) is 19.2. The predicted molar refractivity (Wildman–Crippen MR) is 123 cm³/mol. The van der Waals surface area contributed by atoms with Gasteiger partial charge in [0, 0.05) is 26.1 Å². The third kappa shape index (κ3) is 5.59. The molecule has 0 aliphatic carbocycles. The molecule has 184 valence electrons. The molecule has 10 heteroatoms. The van der Waals surface area contributed by atoms with Gasteiger partial charge in [-0.05, 0) is 36.6 Å². The fourth-order valence-corrected chi connectivity index (χ4v) is 4.35. The molecule has 0 bridgehead atoms. The molecule has 35 heavy (non-hydrogen) atoms. The minimum absolute atomic E-state index is 0.0570. The van der Waals surface area contributed by atoms with Gasteiger partial charge in [0.25, 0.3) is 5.91 Å². The van der Waals surface area contributed by atoms with E-state index < -0.39 is 29.8 Å². The quantitative estimate of drug-likeness (QED) is 0.634. The number of anilines is 1. The standard InChI is InChI=1S/C25H26FN3O6/c1-16(30)27-21-8-7-18(26)13-20(21)23(31)28-11-9-19(10-12-28)29-22(15-35-25(29)33)24(32)34-14-17-5-3-2-4-6-17/h2-8,13,19,22H,9-12,14-15H2,1H3,(H,27,30). The Kier molecular flexibility index (Phi) is 7.28. The first-order valence-corrected chi connectivity index (χ1v) is 11.4. The van der Waals surface area contributed by atoms with E-state index in [1.807, 2.05) is 30.3 Å². The van der Waals surface area contributed by atoms with Crippen LogP contribution in [0.3, 0.4) is 0 Å². The first-order chi connectivity index (χ1) is 16.8. The Labute approximate surface area is 201 Å². The van der Waals surface area contributed by atoms with Crippen LogP contribution in [0.1, 0.15) is 35.7 Å². The number of nitrogens with zero attached hydrogens (tertiary/aromatic N) is 2. The van der Waals surface area contributed by atoms with Crippen LogP contribution in [0, 0.1) is 5.82 Å². The van der Waals surface area contributed by atoms with Crippen LogP contribution in [0.15, 0.2) is 48.5 Å². The molecule has 0 saturated carbocycles. The van der Waals surface area contributed by atoms with Crippen molar-refractivity contribution >= 4 is 29.6 Å². The van der Waals surface area contributed by atoms with Crippen LogP contribution in [0.5, 0.6) is 0 Å². The first kappa shape index (κ1) is 24.2. The number of ether oxygens (including phenoxy) is 2. The molecule has 2 aliphatic heterocycles. The summed E-state index contributed by atoms with van der Waals surface area (Å²) in [5.74, 6) is -1.93. The molecule has 1 unspecified atom stereocenters. The summed E-state index contributed by atoms with van der Waals surface area (Å²) in [7, 11) is 0. The van der Waals surface area contributed by atoms with Crippen molar-refractivity contribution < 1.29 is 33.0 Å². The molecular weight excluding hydrogens is 457 g/mol. The highest BCUT2D eigenvalue weighted by Crippen LogP contribution is 2.27. The smallest absolute Gasteiger partial charge is 0.410 e. The molecule has 4 rings (SSSR count). The van der Waals surface area contributed by atoms with Gasteiger partial charge in [0.15, 0.2) is 6.04 Å². The summed E-state index contributed by atoms with van der Waals surface area (Å²) in [5.41, 5.74) is 1.12. The number of esters is 1. The average molecular weight is 483 g/mol. The van der Waals surface area contributed by atoms with Gasteiger partial charge >= 0.3 is 12.1 Å². The van der Waals surface area contributed by atoms with Gasteiger partial charge in [-0.3, -0.25) is 14.5 Å². The number of rotatable bonds is 6. The summed E-state index contributed by atoms with van der Waals surface area (Å²) < 4.78 is 24.4. The third-order valence-electron chi connectivity index (χ3n) is 6.08. The largest absolute Gasteiger partial charge is 0.459 e. The maximum absolute atomic E-state index is 13.8. The van der Waals surface area contributed by atoms with E-state index in [2.05, 4.69) is 5.32 Å². The third-order valence-corrected chi connectivity index (χ3v) is 6.08. The highest BCUT2D eigenvalue weighted by molar-refractivity contribution is 6.03. The second kappa shape index (κ2) is 10.5. The molecule has 2 aromatic rings. The molecule has 2 heterocycles. The van der Waals surface area contributed by atoms with Crippen LogP contribution >= 0.6 is 0 Å². The van der Waals surface area contributed by atoms with Crippen LogP contribution < -0.4 is 5.32 Å². The normalized spacial score (nSPS) is 18.2. The Hall–Kier alpha value is -3.95. The molecule has 2 aliphatic rings. The number of cyclic esters (lactones) is 1. The fourth-order valence-electron chi connectivity index (χ4n) is 4.35. The Bertz CT molecular complexity index is 1120. The number of hydrogen-bond donors (Lipinski definition) is 1. The van der Waals surface area contributed by atoms with E-state index in [0.717, 1.165) is 11.6 Å². The Morgan fingerprint density at radius 2 is 1.83 bits per heavy atom. The predicted octanol–water partition coefficient (Wildman–Crippen LogP) is 2.95. The summed E-state index contributed by atoms with van der Waals surface area (Å²) in [6.07, 6.45) is 0.233. The number of hydrogen-bond acceptors (Lipinski definition) is 6. The van der Waals surface area contributed by atoms with E-state index in [9.17, 15) is 23.6 Å². The molecule has 1 atom stereocenters. The number of piperidine rings is 1. The number of benzene rings is 2. The molecular formula is C25H26FN3O6. The van der Waals surface area contributed by atoms with Crippen molar-refractivity contribution in [3.05, 3.63) is 65.5 Å². The second-order valence-corrected chi connectivity index (χ2v) is 8.49. The van der Waals surface area contributed by atoms with E-state index in [0.29, 0.717) is 12.8 Å². The fraction of sp³-hybridized carbons (Fsp3) is 0.360. The maximum atomic E-state index is 13.8. The SMILES string of the molecule is CC(=O)Nc1ccc(F)cc1C(=O)N1CCC(N2C(=O)OCC2C(=O)OCc2ccccc2)CC1. The topological polar surface area (TPSA) is 105 Å². The lowest BCUT2D eigenvalue weighted by Crippen LogP contribution is -2.52. The molecule has 0 aromatic heterocycles. The first-order valence-electron chi connectivity index (χ1n) is 11.4. The number of carbonyl (C=O) groups is 4. The van der Waals surface area contributed by atoms with E-state index in [4.69, 9.17) is 9.47 Å². The van der Waals surface area contributed by atoms with Gasteiger partial charge in [0.1, 0.15) is 19.0 Å². The lowest BCUT2D eigenvalue weighted by molar-refractivity contribution is -0.150. The van der Waals surface area contributed by atoms with Gasteiger partial charge in [-0.1, -0.05) is 30.3 Å². The molecule has 2 saturated heterocycles. The molecule has 0 radical (unpaired) electrons. The highest BCUT2D eigenvalue weighted by Gasteiger charge is 2.44. The average Bonchev–Trinajstić information content (AvgIpc) is 3.25. The van der Waals surface area contributed by atoms with Gasteiger partial charge in [0.05, 0.1) is 11.3 Å². The van der Waals surface area contributed by atoms with Crippen LogP contribution in [-0.2, 0) is 25.7 Å². The number of amides is 3. The van der Waals surface area contributed by atoms with Crippen LogP contribution in [0.25, 0.3) is 0 Å². The molecule has 2 aromatic carbocycles. The van der Waals surface area contributed by atoms with Crippen molar-refractivity contribution in [2.24, 2.45) is 0 Å². The Balaban J connectivity index is 1.39. The van der Waals surface area contributed by atoms with Gasteiger partial charge in [-0.15, -0.1) is 0 Å². The molecule has 9 nitrogen and oxygen atoms in total. The van der Waals surface area contributed by atoms with Crippen LogP contribution in [0.4, 0.5) is 14.9 Å². The van der Waals surface area contributed by atoms with E-state index in [1.54, 1.807) is 4.90 Å². The maximum Gasteiger partial charge on any atom is 0.410 e. The molecule has 3 amide bonds. The van der Waals surface area contributed by atoms with Crippen molar-refractivity contribution in [1.29, 1.82) is 0 Å². The Morgan fingerprint density at radius 1 is 1.11 bits per heavy atom. The van der Waals surface area contributed by atoms with Gasteiger partial charge in [0.2, 0.25) is 5.91 Å². The lowest BCUT2D eigenvalue weighted by Gasteiger charge is -2.37. The van der Waals surface area contributed by atoms with Crippen molar-refractivity contribution in [2.75, 3.05) is 25.0 Å².